The van der Waals surface area contributed by atoms with Crippen LogP contribution in [0.5, 0.6) is 0 Å². The quantitative estimate of drug-likeness (QED) is 0.312. The molecule has 3 aromatic carbocycles. The van der Waals surface area contributed by atoms with Crippen LogP contribution in [0.4, 0.5) is 0 Å². The number of rotatable bonds is 1. The smallest absolute Gasteiger partial charge is 0.0893 e. The van der Waals surface area contributed by atoms with Gasteiger partial charge in [-0.3, -0.25) is 0 Å². The van der Waals surface area contributed by atoms with E-state index in [2.05, 4.69) is 89.9 Å². The maximum atomic E-state index is 5.22. The Morgan fingerprint density at radius 3 is 2.05 bits per heavy atom. The summed E-state index contributed by atoms with van der Waals surface area (Å²) in [7, 11) is 0. The maximum absolute atomic E-state index is 5.22. The molecule has 172 valence electrons. The summed E-state index contributed by atoms with van der Waals surface area (Å²) in [6.07, 6.45) is 2.19. The Kier molecular flexibility index (Phi) is 4.19. The van der Waals surface area contributed by atoms with Gasteiger partial charge in [0, 0.05) is 33.0 Å². The fraction of sp³-hybridized carbons (Fsp3) is 0. The third-order valence-electron chi connectivity index (χ3n) is 7.15. The molecule has 1 N–H and O–H groups in total. The van der Waals surface area contributed by atoms with Crippen LogP contribution < -0.4 is 10.6 Å². The molecule has 8 bridgehead atoms. The molecule has 0 atom stereocenters. The fourth-order valence-electron chi connectivity index (χ4n) is 5.44. The fourth-order valence-corrected chi connectivity index (χ4v) is 5.44. The summed E-state index contributed by atoms with van der Waals surface area (Å²) < 4.78 is 0. The van der Waals surface area contributed by atoms with Gasteiger partial charge in [-0.25, -0.2) is 15.0 Å². The summed E-state index contributed by atoms with van der Waals surface area (Å²) in [6.45, 7) is 0. The summed E-state index contributed by atoms with van der Waals surface area (Å²) in [5.41, 5.74) is 10.8. The Morgan fingerprint density at radius 2 is 1.24 bits per heavy atom. The molecule has 5 heterocycles. The van der Waals surface area contributed by atoms with Gasteiger partial charge in [0.2, 0.25) is 0 Å². The summed E-state index contributed by atoms with van der Waals surface area (Å²) in [5.74, 6) is 0. The van der Waals surface area contributed by atoms with Crippen LogP contribution in [0.2, 0.25) is 0 Å². The van der Waals surface area contributed by atoms with Crippen molar-refractivity contribution < 1.29 is 0 Å². The minimum atomic E-state index is 0.842. The van der Waals surface area contributed by atoms with Crippen molar-refractivity contribution in [3.05, 3.63) is 137 Å². The van der Waals surface area contributed by atoms with Crippen molar-refractivity contribution in [3.63, 3.8) is 0 Å². The van der Waals surface area contributed by atoms with Gasteiger partial charge in [-0.05, 0) is 42.0 Å². The number of nitrogens with zero attached hydrogens (tertiary/aromatic N) is 3. The van der Waals surface area contributed by atoms with E-state index in [0.29, 0.717) is 0 Å². The van der Waals surface area contributed by atoms with Crippen molar-refractivity contribution in [1.29, 1.82) is 0 Å². The average Bonchev–Trinajstić information content (AvgIpc) is 3.58. The number of allylic oxidation sites excluding steroid dienone is 1. The van der Waals surface area contributed by atoms with Crippen molar-refractivity contribution in [2.45, 2.75) is 0 Å². The Bertz CT molecular complexity index is 2030. The molecule has 4 nitrogen and oxygen atoms in total. The molecule has 8 rings (SSSR count). The Balaban J connectivity index is 1.55. The second kappa shape index (κ2) is 7.70. The van der Waals surface area contributed by atoms with E-state index >= 15 is 0 Å². The third-order valence-corrected chi connectivity index (χ3v) is 7.15. The van der Waals surface area contributed by atoms with Crippen molar-refractivity contribution in [3.8, 4) is 33.9 Å². The third kappa shape index (κ3) is 3.13. The zero-order chi connectivity index (χ0) is 24.3. The van der Waals surface area contributed by atoms with Crippen LogP contribution in [-0.2, 0) is 0 Å². The number of para-hydroxylation sites is 2. The molecule has 0 saturated carbocycles. The van der Waals surface area contributed by atoms with Crippen LogP contribution in [-0.4, -0.2) is 15.0 Å². The first-order valence-corrected chi connectivity index (χ1v) is 12.4. The van der Waals surface area contributed by atoms with Crippen molar-refractivity contribution in [1.82, 2.24) is 15.0 Å². The van der Waals surface area contributed by atoms with E-state index in [1.54, 1.807) is 0 Å². The van der Waals surface area contributed by atoms with Gasteiger partial charge in [-0.2, -0.15) is 0 Å². The molecule has 0 saturated heterocycles. The summed E-state index contributed by atoms with van der Waals surface area (Å²) in [5, 5.41) is 3.18. The lowest BCUT2D eigenvalue weighted by atomic mass is 10.00. The zero-order valence-corrected chi connectivity index (χ0v) is 19.8. The zero-order valence-electron chi connectivity index (χ0n) is 19.8. The Morgan fingerprint density at radius 1 is 0.568 bits per heavy atom. The van der Waals surface area contributed by atoms with Crippen LogP contribution in [0.25, 0.3) is 56.5 Å². The molecule has 2 aliphatic heterocycles. The van der Waals surface area contributed by atoms with Gasteiger partial charge >= 0.3 is 0 Å². The van der Waals surface area contributed by atoms with Crippen LogP contribution in [0.15, 0.2) is 120 Å². The van der Waals surface area contributed by atoms with Crippen LogP contribution in [0.3, 0.4) is 0 Å². The molecule has 4 heteroatoms. The first-order chi connectivity index (χ1) is 18.3. The van der Waals surface area contributed by atoms with Gasteiger partial charge in [0.05, 0.1) is 39.3 Å². The van der Waals surface area contributed by atoms with Gasteiger partial charge in [0.15, 0.2) is 0 Å². The highest BCUT2D eigenvalue weighted by Crippen LogP contribution is 2.35. The van der Waals surface area contributed by atoms with E-state index in [-0.39, 0.29) is 0 Å². The first kappa shape index (κ1) is 20.1. The number of H-pyrrole nitrogens is 1. The molecule has 0 fully saturated rings. The van der Waals surface area contributed by atoms with Crippen LogP contribution >= 0.6 is 0 Å². The van der Waals surface area contributed by atoms with Crippen LogP contribution in [0.1, 0.15) is 11.3 Å². The van der Waals surface area contributed by atoms with E-state index in [4.69, 9.17) is 15.0 Å². The van der Waals surface area contributed by atoms with Crippen molar-refractivity contribution >= 4 is 22.6 Å². The molecule has 3 aromatic heterocycles. The van der Waals surface area contributed by atoms with Crippen molar-refractivity contribution in [2.75, 3.05) is 0 Å². The Labute approximate surface area is 213 Å². The van der Waals surface area contributed by atoms with E-state index in [1.165, 1.54) is 0 Å². The highest BCUT2D eigenvalue weighted by Gasteiger charge is 2.19. The number of aromatic nitrogens is 3. The molecule has 0 radical (unpaired) electrons. The van der Waals surface area contributed by atoms with Gasteiger partial charge < -0.3 is 4.98 Å². The number of benzene rings is 3. The van der Waals surface area contributed by atoms with Gasteiger partial charge in [0.1, 0.15) is 0 Å². The minimum Gasteiger partial charge on any atom is -0.354 e. The van der Waals surface area contributed by atoms with Crippen LogP contribution in [0, 0.1) is 0 Å². The highest BCUT2D eigenvalue weighted by atomic mass is 14.8. The largest absolute Gasteiger partial charge is 0.354 e. The number of aromatic amines is 1. The molecular weight excluding hydrogens is 452 g/mol. The van der Waals surface area contributed by atoms with Gasteiger partial charge in [-0.15, -0.1) is 0 Å². The van der Waals surface area contributed by atoms with E-state index in [9.17, 15) is 0 Å². The van der Waals surface area contributed by atoms with E-state index in [0.717, 1.165) is 77.9 Å². The topological polar surface area (TPSA) is 53.9 Å². The SMILES string of the molecule is C1=c2cccc3c2=NC1=C(c1ccccc1)c1cc2cccc(c2[nH]1)-c1cccc(n1)-c1cccc-3n1. The highest BCUT2D eigenvalue weighted by molar-refractivity contribution is 5.98. The lowest BCUT2D eigenvalue weighted by Crippen LogP contribution is -2.23. The predicted octanol–water partition coefficient (Wildman–Crippen LogP) is 6.15. The van der Waals surface area contributed by atoms with E-state index in [1.807, 2.05) is 30.3 Å². The number of hydrogen-bond acceptors (Lipinski definition) is 3. The normalized spacial score (nSPS) is 13.2. The lowest BCUT2D eigenvalue weighted by molar-refractivity contribution is 1.23. The molecular formula is C33H20N4. The molecule has 0 unspecified atom stereocenters. The average molecular weight is 473 g/mol. The number of pyridine rings is 2. The lowest BCUT2D eigenvalue weighted by Gasteiger charge is -2.08. The minimum absolute atomic E-state index is 0.842. The molecule has 0 aliphatic carbocycles. The predicted molar refractivity (Wildman–Crippen MR) is 148 cm³/mol. The molecule has 0 spiro atoms. The maximum Gasteiger partial charge on any atom is 0.0893 e. The second-order valence-electron chi connectivity index (χ2n) is 9.39. The summed E-state index contributed by atoms with van der Waals surface area (Å²) >= 11 is 0. The molecule has 37 heavy (non-hydrogen) atoms. The Hall–Kier alpha value is -5.09. The number of nitrogens with one attached hydrogen (secondary N) is 1. The van der Waals surface area contributed by atoms with Gasteiger partial charge in [-0.1, -0.05) is 78.9 Å². The molecule has 2 aliphatic rings. The number of hydrogen-bond donors (Lipinski definition) is 1. The van der Waals surface area contributed by atoms with Crippen molar-refractivity contribution in [2.24, 2.45) is 4.99 Å². The second-order valence-corrected chi connectivity index (χ2v) is 9.39. The first-order valence-electron chi connectivity index (χ1n) is 12.4. The summed E-state index contributed by atoms with van der Waals surface area (Å²) in [4.78, 5) is 19.1. The summed E-state index contributed by atoms with van der Waals surface area (Å²) in [6, 6.07) is 37.6. The number of fused-ring (bicyclic) bond motifs is 9. The molecule has 6 aromatic rings. The van der Waals surface area contributed by atoms with E-state index < -0.39 is 0 Å². The monoisotopic (exact) mass is 472 g/mol. The molecule has 0 amide bonds. The standard InChI is InChI=1S/C33H20N4/c1-2-8-20(9-3-1)31-29-18-21-10-4-12-23(32(21)36-29)25-14-6-16-27(34-25)28-17-7-15-26(35-28)24-13-5-11-22-19-30(31)37-33(22)24/h1-19,36H. The van der Waals surface area contributed by atoms with Gasteiger partial charge in [0.25, 0.3) is 0 Å².